The number of carbonyl (C=O) groups is 1. The lowest BCUT2D eigenvalue weighted by atomic mass is 9.98. The Kier molecular flexibility index (Phi) is 5.89. The van der Waals surface area contributed by atoms with Gasteiger partial charge in [-0.25, -0.2) is 0 Å². The summed E-state index contributed by atoms with van der Waals surface area (Å²) in [5.41, 5.74) is 2.30. The lowest BCUT2D eigenvalue weighted by Gasteiger charge is -2.16. The van der Waals surface area contributed by atoms with Gasteiger partial charge in [0.05, 0.1) is 0 Å². The number of carbonyl (C=O) groups excluding carboxylic acids is 1. The highest BCUT2D eigenvalue weighted by atomic mass is 32.2. The van der Waals surface area contributed by atoms with Crippen LogP contribution >= 0.6 is 11.8 Å². The van der Waals surface area contributed by atoms with Crippen LogP contribution in [0.3, 0.4) is 0 Å². The van der Waals surface area contributed by atoms with Gasteiger partial charge in [0, 0.05) is 5.57 Å². The van der Waals surface area contributed by atoms with E-state index in [1.807, 2.05) is 11.8 Å². The zero-order valence-electron chi connectivity index (χ0n) is 10.6. The van der Waals surface area contributed by atoms with Crippen molar-refractivity contribution in [1.82, 2.24) is 0 Å². The van der Waals surface area contributed by atoms with Crippen molar-refractivity contribution in [1.29, 1.82) is 0 Å². The number of thioether (sulfide) groups is 1. The highest BCUT2D eigenvalue weighted by Crippen LogP contribution is 2.32. The first-order valence-corrected chi connectivity index (χ1v) is 7.17. The highest BCUT2D eigenvalue weighted by molar-refractivity contribution is 8.03. The fraction of sp³-hybridized carbons (Fsp3) is 0.643. The maximum Gasteiger partial charge on any atom is 0.160 e. The van der Waals surface area contributed by atoms with Crippen LogP contribution in [0.25, 0.3) is 0 Å². The van der Waals surface area contributed by atoms with Gasteiger partial charge in [-0.1, -0.05) is 31.4 Å². The molecule has 16 heavy (non-hydrogen) atoms. The van der Waals surface area contributed by atoms with E-state index in [1.165, 1.54) is 29.7 Å². The van der Waals surface area contributed by atoms with Crippen LogP contribution in [0.4, 0.5) is 0 Å². The fourth-order valence-corrected chi connectivity index (χ4v) is 3.04. The SMILES string of the molecule is CCCCCSC1=C(C(C)=O)C=C(C)CC1. The standard InChI is InChI=1S/C14H22OS/c1-4-5-6-9-16-14-8-7-11(2)10-13(14)12(3)15/h10H,4-9H2,1-3H3. The van der Waals surface area contributed by atoms with Crippen molar-refractivity contribution in [2.45, 2.75) is 52.9 Å². The zero-order valence-corrected chi connectivity index (χ0v) is 11.5. The van der Waals surface area contributed by atoms with Gasteiger partial charge in [-0.05, 0) is 43.8 Å². The molecule has 1 aliphatic carbocycles. The molecule has 0 aromatic carbocycles. The van der Waals surface area contributed by atoms with E-state index in [4.69, 9.17) is 0 Å². The van der Waals surface area contributed by atoms with Gasteiger partial charge in [0.15, 0.2) is 5.78 Å². The first-order valence-electron chi connectivity index (χ1n) is 6.19. The molecule has 0 radical (unpaired) electrons. The Labute approximate surface area is 103 Å². The van der Waals surface area contributed by atoms with Crippen molar-refractivity contribution in [3.63, 3.8) is 0 Å². The molecule has 0 saturated heterocycles. The minimum Gasteiger partial charge on any atom is -0.294 e. The summed E-state index contributed by atoms with van der Waals surface area (Å²) < 4.78 is 0. The molecule has 0 aliphatic heterocycles. The van der Waals surface area contributed by atoms with E-state index in [0.717, 1.165) is 24.2 Å². The molecule has 1 rings (SSSR count). The van der Waals surface area contributed by atoms with Gasteiger partial charge in [0.2, 0.25) is 0 Å². The van der Waals surface area contributed by atoms with Gasteiger partial charge in [-0.3, -0.25) is 4.79 Å². The van der Waals surface area contributed by atoms with E-state index in [-0.39, 0.29) is 5.78 Å². The van der Waals surface area contributed by atoms with Crippen molar-refractivity contribution < 1.29 is 4.79 Å². The van der Waals surface area contributed by atoms with Gasteiger partial charge < -0.3 is 0 Å². The minimum atomic E-state index is 0.219. The maximum atomic E-state index is 11.5. The highest BCUT2D eigenvalue weighted by Gasteiger charge is 2.14. The summed E-state index contributed by atoms with van der Waals surface area (Å²) in [6.07, 6.45) is 8.08. The quantitative estimate of drug-likeness (QED) is 0.634. The van der Waals surface area contributed by atoms with E-state index in [1.54, 1.807) is 6.92 Å². The zero-order chi connectivity index (χ0) is 12.0. The second-order valence-electron chi connectivity index (χ2n) is 4.44. The molecule has 0 aromatic rings. The topological polar surface area (TPSA) is 17.1 Å². The Hall–Kier alpha value is -0.500. The van der Waals surface area contributed by atoms with E-state index < -0.39 is 0 Å². The van der Waals surface area contributed by atoms with E-state index in [2.05, 4.69) is 19.9 Å². The molecule has 0 spiro atoms. The Morgan fingerprint density at radius 2 is 2.12 bits per heavy atom. The van der Waals surface area contributed by atoms with Crippen LogP contribution in [0.1, 0.15) is 52.9 Å². The molecule has 0 heterocycles. The minimum absolute atomic E-state index is 0.219. The number of unbranched alkanes of at least 4 members (excludes halogenated alkanes) is 2. The van der Waals surface area contributed by atoms with Gasteiger partial charge in [0.25, 0.3) is 0 Å². The largest absolute Gasteiger partial charge is 0.294 e. The summed E-state index contributed by atoms with van der Waals surface area (Å²) >= 11 is 1.89. The second-order valence-corrected chi connectivity index (χ2v) is 5.63. The third-order valence-corrected chi connectivity index (χ3v) is 4.11. The molecular formula is C14H22OS. The summed E-state index contributed by atoms with van der Waals surface area (Å²) in [6, 6.07) is 0. The molecule has 2 heteroatoms. The summed E-state index contributed by atoms with van der Waals surface area (Å²) in [6.45, 7) is 6.01. The Morgan fingerprint density at radius 1 is 1.38 bits per heavy atom. The molecule has 1 nitrogen and oxygen atoms in total. The summed E-state index contributed by atoms with van der Waals surface area (Å²) in [5, 5.41) is 0. The van der Waals surface area contributed by atoms with Crippen molar-refractivity contribution in [2.75, 3.05) is 5.75 Å². The normalized spacial score (nSPS) is 16.3. The average Bonchev–Trinajstić information content (AvgIpc) is 2.26. The van der Waals surface area contributed by atoms with Crippen molar-refractivity contribution in [2.24, 2.45) is 0 Å². The molecule has 1 aliphatic rings. The van der Waals surface area contributed by atoms with Crippen LogP contribution in [-0.4, -0.2) is 11.5 Å². The first kappa shape index (κ1) is 13.6. The summed E-state index contributed by atoms with van der Waals surface area (Å²) in [7, 11) is 0. The third-order valence-electron chi connectivity index (χ3n) is 2.84. The molecule has 0 amide bonds. The molecule has 0 atom stereocenters. The van der Waals surface area contributed by atoms with Gasteiger partial charge in [-0.15, -0.1) is 11.8 Å². The van der Waals surface area contributed by atoms with Gasteiger partial charge in [0.1, 0.15) is 0 Å². The maximum absolute atomic E-state index is 11.5. The lowest BCUT2D eigenvalue weighted by molar-refractivity contribution is -0.113. The molecule has 0 saturated carbocycles. The van der Waals surface area contributed by atoms with Crippen molar-refractivity contribution in [3.05, 3.63) is 22.1 Å². The monoisotopic (exact) mass is 238 g/mol. The van der Waals surface area contributed by atoms with Crippen LogP contribution in [0.5, 0.6) is 0 Å². The fourth-order valence-electron chi connectivity index (χ4n) is 1.84. The van der Waals surface area contributed by atoms with E-state index in [0.29, 0.717) is 0 Å². The summed E-state index contributed by atoms with van der Waals surface area (Å²) in [5.74, 6) is 1.38. The smallest absolute Gasteiger partial charge is 0.160 e. The van der Waals surface area contributed by atoms with Crippen molar-refractivity contribution in [3.8, 4) is 0 Å². The number of hydrogen-bond acceptors (Lipinski definition) is 2. The first-order chi connectivity index (χ1) is 7.65. The van der Waals surface area contributed by atoms with Gasteiger partial charge in [-0.2, -0.15) is 0 Å². The number of Topliss-reactive ketones (excluding diaryl/α,β-unsaturated/α-hetero) is 1. The number of allylic oxidation sites excluding steroid dienone is 4. The molecule has 0 N–H and O–H groups in total. The Morgan fingerprint density at radius 3 is 2.75 bits per heavy atom. The molecule has 0 aromatic heterocycles. The van der Waals surface area contributed by atoms with Crippen LogP contribution in [0.2, 0.25) is 0 Å². The molecular weight excluding hydrogens is 216 g/mol. The summed E-state index contributed by atoms with van der Waals surface area (Å²) in [4.78, 5) is 12.8. The predicted molar refractivity (Wildman–Crippen MR) is 72.7 cm³/mol. The molecule has 0 bridgehead atoms. The number of rotatable bonds is 6. The molecule has 0 unspecified atom stereocenters. The average molecular weight is 238 g/mol. The Bertz CT molecular complexity index is 313. The molecule has 0 fully saturated rings. The van der Waals surface area contributed by atoms with Crippen LogP contribution in [-0.2, 0) is 4.79 Å². The van der Waals surface area contributed by atoms with E-state index >= 15 is 0 Å². The van der Waals surface area contributed by atoms with Crippen molar-refractivity contribution >= 4 is 17.5 Å². The van der Waals surface area contributed by atoms with E-state index in [9.17, 15) is 4.79 Å². The molecule has 90 valence electrons. The van der Waals surface area contributed by atoms with Crippen LogP contribution in [0, 0.1) is 0 Å². The van der Waals surface area contributed by atoms with Crippen LogP contribution < -0.4 is 0 Å². The lowest BCUT2D eigenvalue weighted by Crippen LogP contribution is -2.03. The van der Waals surface area contributed by atoms with Gasteiger partial charge >= 0.3 is 0 Å². The Balaban J connectivity index is 2.59. The predicted octanol–water partition coefficient (Wildman–Crippen LogP) is 4.49. The number of ketones is 1. The second kappa shape index (κ2) is 6.95. The van der Waals surface area contributed by atoms with Crippen LogP contribution in [0.15, 0.2) is 22.1 Å². The number of hydrogen-bond donors (Lipinski definition) is 0. The third kappa shape index (κ3) is 4.17.